The van der Waals surface area contributed by atoms with E-state index in [2.05, 4.69) is 10.2 Å². The molecule has 3 aliphatic rings. The number of carbonyl (C=O) groups excluding carboxylic acids is 2. The summed E-state index contributed by atoms with van der Waals surface area (Å²) in [4.78, 5) is 41.9. The molecule has 2 amide bonds. The van der Waals surface area contributed by atoms with Gasteiger partial charge in [-0.25, -0.2) is 0 Å². The Morgan fingerprint density at radius 1 is 1.13 bits per heavy atom. The summed E-state index contributed by atoms with van der Waals surface area (Å²) >= 11 is 5.37. The van der Waals surface area contributed by atoms with Gasteiger partial charge >= 0.3 is 0 Å². The van der Waals surface area contributed by atoms with Gasteiger partial charge < -0.3 is 10.2 Å². The fourth-order valence-electron chi connectivity index (χ4n) is 5.17. The van der Waals surface area contributed by atoms with Crippen molar-refractivity contribution in [2.24, 2.45) is 5.41 Å². The maximum Gasteiger partial charge on any atom is 0.269 e. The average molecular weight is 436 g/mol. The first-order valence-electron chi connectivity index (χ1n) is 10.2. The van der Waals surface area contributed by atoms with Crippen LogP contribution < -0.4 is 15.1 Å². The summed E-state index contributed by atoms with van der Waals surface area (Å²) in [6.45, 7) is 0.688. The molecule has 31 heavy (non-hydrogen) atoms. The Morgan fingerprint density at radius 2 is 1.90 bits per heavy atom. The molecule has 0 saturated carbocycles. The number of anilines is 2. The van der Waals surface area contributed by atoms with E-state index in [1.807, 2.05) is 6.07 Å². The molecule has 3 heterocycles. The Labute approximate surface area is 184 Å². The van der Waals surface area contributed by atoms with E-state index in [1.54, 1.807) is 30.3 Å². The van der Waals surface area contributed by atoms with Gasteiger partial charge in [0, 0.05) is 30.8 Å². The average Bonchev–Trinajstić information content (AvgIpc) is 2.78. The second kappa shape index (κ2) is 7.12. The van der Waals surface area contributed by atoms with Crippen LogP contribution in [-0.4, -0.2) is 34.4 Å². The number of benzene rings is 2. The molecule has 1 spiro atoms. The van der Waals surface area contributed by atoms with Gasteiger partial charge in [0.15, 0.2) is 10.5 Å². The first kappa shape index (κ1) is 19.6. The van der Waals surface area contributed by atoms with Crippen LogP contribution in [0.4, 0.5) is 17.1 Å². The van der Waals surface area contributed by atoms with Crippen LogP contribution in [0.15, 0.2) is 48.5 Å². The van der Waals surface area contributed by atoms with Gasteiger partial charge in [0.2, 0.25) is 5.91 Å². The molecule has 0 aliphatic carbocycles. The predicted molar refractivity (Wildman–Crippen MR) is 119 cm³/mol. The number of thiocarbonyl (C=S) groups is 1. The molecule has 158 valence electrons. The number of hydrogen-bond donors (Lipinski definition) is 1. The summed E-state index contributed by atoms with van der Waals surface area (Å²) in [6.07, 6.45) is 2.62. The van der Waals surface area contributed by atoms with Gasteiger partial charge in [-0.2, -0.15) is 0 Å². The zero-order chi connectivity index (χ0) is 21.8. The lowest BCUT2D eigenvalue weighted by Crippen LogP contribution is -2.72. The third-order valence-corrected chi connectivity index (χ3v) is 6.84. The molecular formula is C22H20N4O4S. The zero-order valence-electron chi connectivity index (χ0n) is 16.6. The number of nitrogens with one attached hydrogen (secondary N) is 1. The number of rotatable bonds is 2. The molecular weight excluding hydrogens is 416 g/mol. The first-order valence-corrected chi connectivity index (χ1v) is 10.6. The molecule has 2 aromatic rings. The van der Waals surface area contributed by atoms with Gasteiger partial charge in [0.05, 0.1) is 16.7 Å². The number of carbonyl (C=O) groups is 2. The van der Waals surface area contributed by atoms with Crippen molar-refractivity contribution in [2.75, 3.05) is 16.3 Å². The molecule has 1 N–H and O–H groups in total. The minimum atomic E-state index is -1.40. The molecule has 0 aromatic heterocycles. The highest BCUT2D eigenvalue weighted by Crippen LogP contribution is 2.48. The number of piperidine rings is 1. The van der Waals surface area contributed by atoms with Crippen molar-refractivity contribution in [3.63, 3.8) is 0 Å². The van der Waals surface area contributed by atoms with Crippen LogP contribution in [0, 0.1) is 15.5 Å². The van der Waals surface area contributed by atoms with E-state index >= 15 is 0 Å². The minimum Gasteiger partial charge on any atom is -0.367 e. The molecule has 3 aliphatic heterocycles. The number of amides is 2. The Kier molecular flexibility index (Phi) is 4.51. The van der Waals surface area contributed by atoms with E-state index in [1.165, 1.54) is 17.0 Å². The number of nitrogens with zero attached hydrogens (tertiary/aromatic N) is 3. The highest BCUT2D eigenvalue weighted by molar-refractivity contribution is 7.80. The van der Waals surface area contributed by atoms with E-state index in [0.29, 0.717) is 24.2 Å². The number of nitro groups is 1. The number of non-ortho nitro benzene ring substituents is 1. The highest BCUT2D eigenvalue weighted by Gasteiger charge is 2.61. The SMILES string of the molecule is O=C1NC(=S)N(c2ccccc2)C(=O)[C@]12Cc1cc([N+](=O)[O-])ccc1N1CCCC[C@@H]12. The van der Waals surface area contributed by atoms with Gasteiger partial charge in [-0.3, -0.25) is 24.6 Å². The highest BCUT2D eigenvalue weighted by atomic mass is 32.1. The monoisotopic (exact) mass is 436 g/mol. The zero-order valence-corrected chi connectivity index (χ0v) is 17.4. The second-order valence-electron chi connectivity index (χ2n) is 8.16. The number of nitro benzene ring substituents is 1. The number of fused-ring (bicyclic) bond motifs is 4. The van der Waals surface area contributed by atoms with Gasteiger partial charge in [-0.1, -0.05) is 18.2 Å². The van der Waals surface area contributed by atoms with Crippen LogP contribution in [0.3, 0.4) is 0 Å². The Hall–Kier alpha value is -3.33. The quantitative estimate of drug-likeness (QED) is 0.337. The normalized spacial score (nSPS) is 25.2. The van der Waals surface area contributed by atoms with E-state index in [9.17, 15) is 19.7 Å². The van der Waals surface area contributed by atoms with Gasteiger partial charge in [0.25, 0.3) is 11.6 Å². The molecule has 9 heteroatoms. The van der Waals surface area contributed by atoms with Gasteiger partial charge in [-0.05, 0) is 55.2 Å². The van der Waals surface area contributed by atoms with Crippen molar-refractivity contribution in [1.29, 1.82) is 0 Å². The molecule has 2 fully saturated rings. The van der Waals surface area contributed by atoms with Crippen LogP contribution in [-0.2, 0) is 16.0 Å². The summed E-state index contributed by atoms with van der Waals surface area (Å²) in [5.41, 5.74) is 0.631. The smallest absolute Gasteiger partial charge is 0.269 e. The first-order chi connectivity index (χ1) is 14.9. The van der Waals surface area contributed by atoms with Crippen molar-refractivity contribution >= 4 is 46.2 Å². The standard InChI is InChI=1S/C22H20N4O4S/c27-19-22(20(28)25(21(31)23-19)15-6-2-1-3-7-15)13-14-12-16(26(29)30)9-10-17(14)24-11-5-4-8-18(22)24/h1-3,6-7,9-10,12,18H,4-5,8,11,13H2,(H,23,27,31)/t18-,22+/m1/s1. The van der Waals surface area contributed by atoms with E-state index in [0.717, 1.165) is 18.5 Å². The Balaban J connectivity index is 1.68. The fourth-order valence-corrected chi connectivity index (χ4v) is 5.45. The molecule has 8 nitrogen and oxygen atoms in total. The molecule has 0 bridgehead atoms. The summed E-state index contributed by atoms with van der Waals surface area (Å²) < 4.78 is 0. The summed E-state index contributed by atoms with van der Waals surface area (Å²) in [7, 11) is 0. The van der Waals surface area contributed by atoms with Gasteiger partial charge in [-0.15, -0.1) is 0 Å². The lowest BCUT2D eigenvalue weighted by Gasteiger charge is -2.54. The van der Waals surface area contributed by atoms with Crippen molar-refractivity contribution in [2.45, 2.75) is 31.7 Å². The summed E-state index contributed by atoms with van der Waals surface area (Å²) in [5, 5.41) is 14.2. The van der Waals surface area contributed by atoms with Crippen molar-refractivity contribution in [1.82, 2.24) is 5.32 Å². The van der Waals surface area contributed by atoms with Crippen LogP contribution in [0.25, 0.3) is 0 Å². The number of para-hydroxylation sites is 1. The van der Waals surface area contributed by atoms with Crippen LogP contribution in [0.5, 0.6) is 0 Å². The van der Waals surface area contributed by atoms with E-state index in [4.69, 9.17) is 12.2 Å². The largest absolute Gasteiger partial charge is 0.367 e. The fraction of sp³-hybridized carbons (Fsp3) is 0.318. The Bertz CT molecular complexity index is 1120. The Morgan fingerprint density at radius 3 is 2.65 bits per heavy atom. The second-order valence-corrected chi connectivity index (χ2v) is 8.55. The van der Waals surface area contributed by atoms with E-state index < -0.39 is 16.2 Å². The van der Waals surface area contributed by atoms with E-state index in [-0.39, 0.29) is 29.2 Å². The van der Waals surface area contributed by atoms with Crippen molar-refractivity contribution < 1.29 is 14.5 Å². The van der Waals surface area contributed by atoms with Crippen LogP contribution in [0.2, 0.25) is 0 Å². The molecule has 0 radical (unpaired) electrons. The minimum absolute atomic E-state index is 0.0523. The molecule has 5 rings (SSSR count). The van der Waals surface area contributed by atoms with Crippen LogP contribution >= 0.6 is 12.2 Å². The third-order valence-electron chi connectivity index (χ3n) is 6.55. The summed E-state index contributed by atoms with van der Waals surface area (Å²) in [5.74, 6) is -0.801. The van der Waals surface area contributed by atoms with Crippen molar-refractivity contribution in [3.8, 4) is 0 Å². The summed E-state index contributed by atoms with van der Waals surface area (Å²) in [6, 6.07) is 13.4. The molecule has 2 saturated heterocycles. The maximum atomic E-state index is 14.0. The lowest BCUT2D eigenvalue weighted by atomic mass is 9.66. The third kappa shape index (κ3) is 2.83. The maximum absolute atomic E-state index is 14.0. The topological polar surface area (TPSA) is 95.8 Å². The van der Waals surface area contributed by atoms with Gasteiger partial charge in [0.1, 0.15) is 0 Å². The molecule has 2 atom stereocenters. The van der Waals surface area contributed by atoms with Crippen LogP contribution in [0.1, 0.15) is 24.8 Å². The predicted octanol–water partition coefficient (Wildman–Crippen LogP) is 2.94. The number of hydrogen-bond acceptors (Lipinski definition) is 6. The molecule has 2 aromatic carbocycles. The lowest BCUT2D eigenvalue weighted by molar-refractivity contribution is -0.384. The molecule has 0 unspecified atom stereocenters. The van der Waals surface area contributed by atoms with Crippen molar-refractivity contribution in [3.05, 3.63) is 64.2 Å².